The van der Waals surface area contributed by atoms with Gasteiger partial charge in [0, 0.05) is 9.61 Å². The number of hydrogen-bond acceptors (Lipinski definition) is 3. The third kappa shape index (κ3) is 3.39. The highest BCUT2D eigenvalue weighted by molar-refractivity contribution is 14.1. The van der Waals surface area contributed by atoms with Crippen molar-refractivity contribution >= 4 is 22.6 Å². The second-order valence-electron chi connectivity index (χ2n) is 4.22. The molecule has 2 aromatic carbocycles. The van der Waals surface area contributed by atoms with E-state index in [1.165, 1.54) is 3.57 Å². The Bertz CT molecular complexity index is 553. The van der Waals surface area contributed by atoms with Crippen LogP contribution in [0.3, 0.4) is 0 Å². The van der Waals surface area contributed by atoms with E-state index in [0.717, 1.165) is 22.8 Å². The van der Waals surface area contributed by atoms with Crippen LogP contribution in [0, 0.1) is 3.57 Å². The summed E-state index contributed by atoms with van der Waals surface area (Å²) in [5.41, 5.74) is 6.89. The van der Waals surface area contributed by atoms with E-state index >= 15 is 0 Å². The van der Waals surface area contributed by atoms with Crippen molar-refractivity contribution in [2.24, 2.45) is 5.73 Å². The van der Waals surface area contributed by atoms with E-state index in [4.69, 9.17) is 15.2 Å². The van der Waals surface area contributed by atoms with Gasteiger partial charge in [0.1, 0.15) is 17.2 Å². The van der Waals surface area contributed by atoms with Crippen LogP contribution in [-0.2, 0) is 0 Å². The number of halogens is 1. The summed E-state index contributed by atoms with van der Waals surface area (Å²) >= 11 is 2.26. The summed E-state index contributed by atoms with van der Waals surface area (Å²) < 4.78 is 12.4. The van der Waals surface area contributed by atoms with E-state index in [2.05, 4.69) is 22.6 Å². The van der Waals surface area contributed by atoms with E-state index in [-0.39, 0.29) is 6.04 Å². The molecular weight excluding hydrogens is 353 g/mol. The lowest BCUT2D eigenvalue weighted by molar-refractivity contribution is 0.397. The van der Waals surface area contributed by atoms with E-state index < -0.39 is 0 Å². The maximum Gasteiger partial charge on any atom is 0.135 e. The van der Waals surface area contributed by atoms with Crippen LogP contribution in [0.2, 0.25) is 0 Å². The molecule has 0 radical (unpaired) electrons. The fourth-order valence-corrected chi connectivity index (χ4v) is 2.23. The number of hydrogen-bond donors (Lipinski definition) is 1. The van der Waals surface area contributed by atoms with Crippen molar-refractivity contribution in [2.45, 2.75) is 13.0 Å². The molecule has 3 nitrogen and oxygen atoms in total. The molecule has 19 heavy (non-hydrogen) atoms. The maximum atomic E-state index is 6.01. The molecule has 1 atom stereocenters. The van der Waals surface area contributed by atoms with Crippen LogP contribution >= 0.6 is 22.6 Å². The second kappa shape index (κ2) is 6.25. The number of nitrogens with two attached hydrogens (primary N) is 1. The van der Waals surface area contributed by atoms with Gasteiger partial charge in [0.05, 0.1) is 12.7 Å². The van der Waals surface area contributed by atoms with Crippen molar-refractivity contribution in [3.63, 3.8) is 0 Å². The highest BCUT2D eigenvalue weighted by atomic mass is 127. The lowest BCUT2D eigenvalue weighted by Crippen LogP contribution is -2.08. The fourth-order valence-electron chi connectivity index (χ4n) is 1.87. The van der Waals surface area contributed by atoms with Crippen LogP contribution in [0.5, 0.6) is 17.2 Å². The number of methoxy groups -OCH3 is 1. The largest absolute Gasteiger partial charge is 0.496 e. The normalized spacial score (nSPS) is 12.0. The van der Waals surface area contributed by atoms with Gasteiger partial charge in [-0.05, 0) is 65.9 Å². The smallest absolute Gasteiger partial charge is 0.135 e. The van der Waals surface area contributed by atoms with Gasteiger partial charge in [-0.25, -0.2) is 0 Å². The molecular formula is C15H16INO2. The lowest BCUT2D eigenvalue weighted by Gasteiger charge is -2.17. The summed E-state index contributed by atoms with van der Waals surface area (Å²) in [6.45, 7) is 1.92. The summed E-state index contributed by atoms with van der Waals surface area (Å²) in [6.07, 6.45) is 0. The zero-order valence-corrected chi connectivity index (χ0v) is 13.0. The minimum absolute atomic E-state index is 0.157. The Morgan fingerprint density at radius 2 is 1.68 bits per heavy atom. The monoisotopic (exact) mass is 369 g/mol. The minimum Gasteiger partial charge on any atom is -0.496 e. The Kier molecular flexibility index (Phi) is 4.66. The summed E-state index contributed by atoms with van der Waals surface area (Å²) in [5, 5.41) is 0. The number of rotatable bonds is 4. The van der Waals surface area contributed by atoms with Crippen LogP contribution in [-0.4, -0.2) is 7.11 Å². The Morgan fingerprint density at radius 3 is 2.26 bits per heavy atom. The molecule has 0 spiro atoms. The minimum atomic E-state index is -0.157. The van der Waals surface area contributed by atoms with E-state index in [1.807, 2.05) is 49.4 Å². The molecule has 0 heterocycles. The van der Waals surface area contributed by atoms with Crippen molar-refractivity contribution in [1.82, 2.24) is 0 Å². The number of ether oxygens (including phenoxy) is 2. The highest BCUT2D eigenvalue weighted by Crippen LogP contribution is 2.35. The van der Waals surface area contributed by atoms with Crippen molar-refractivity contribution in [3.05, 3.63) is 51.6 Å². The predicted octanol–water partition coefficient (Wildman–Crippen LogP) is 4.11. The Labute approximate surface area is 126 Å². The first kappa shape index (κ1) is 14.1. The molecule has 0 saturated heterocycles. The van der Waals surface area contributed by atoms with Gasteiger partial charge >= 0.3 is 0 Å². The molecule has 0 aromatic heterocycles. The van der Waals surface area contributed by atoms with Gasteiger partial charge < -0.3 is 15.2 Å². The van der Waals surface area contributed by atoms with Crippen molar-refractivity contribution < 1.29 is 9.47 Å². The van der Waals surface area contributed by atoms with Gasteiger partial charge in [-0.15, -0.1) is 0 Å². The summed E-state index contributed by atoms with van der Waals surface area (Å²) in [6, 6.07) is 13.4. The SMILES string of the molecule is COc1cccc(Oc2ccc(I)cc2)c1C(C)N. The van der Waals surface area contributed by atoms with Crippen LogP contribution in [0.15, 0.2) is 42.5 Å². The molecule has 0 fully saturated rings. The molecule has 0 aliphatic rings. The molecule has 0 saturated carbocycles. The first-order chi connectivity index (χ1) is 9.11. The van der Waals surface area contributed by atoms with Gasteiger partial charge in [0.15, 0.2) is 0 Å². The average Bonchev–Trinajstić information content (AvgIpc) is 2.40. The van der Waals surface area contributed by atoms with Crippen LogP contribution < -0.4 is 15.2 Å². The molecule has 0 amide bonds. The topological polar surface area (TPSA) is 44.5 Å². The summed E-state index contributed by atoms with van der Waals surface area (Å²) in [7, 11) is 1.63. The lowest BCUT2D eigenvalue weighted by atomic mass is 10.1. The molecule has 0 aliphatic heterocycles. The summed E-state index contributed by atoms with van der Waals surface area (Å²) in [5.74, 6) is 2.27. The van der Waals surface area contributed by atoms with Crippen LogP contribution in [0.4, 0.5) is 0 Å². The molecule has 1 unspecified atom stereocenters. The zero-order chi connectivity index (χ0) is 13.8. The van der Waals surface area contributed by atoms with Crippen molar-refractivity contribution in [2.75, 3.05) is 7.11 Å². The predicted molar refractivity (Wildman–Crippen MR) is 84.8 cm³/mol. The third-order valence-electron chi connectivity index (χ3n) is 2.74. The molecule has 4 heteroatoms. The second-order valence-corrected chi connectivity index (χ2v) is 5.46. The van der Waals surface area contributed by atoms with Crippen LogP contribution in [0.25, 0.3) is 0 Å². The Balaban J connectivity index is 2.36. The summed E-state index contributed by atoms with van der Waals surface area (Å²) in [4.78, 5) is 0. The Morgan fingerprint density at radius 1 is 1.05 bits per heavy atom. The van der Waals surface area contributed by atoms with Gasteiger partial charge in [-0.1, -0.05) is 6.07 Å². The van der Waals surface area contributed by atoms with Gasteiger partial charge in [0.25, 0.3) is 0 Å². The van der Waals surface area contributed by atoms with Crippen molar-refractivity contribution in [1.29, 1.82) is 0 Å². The standard InChI is InChI=1S/C15H16INO2/c1-10(17)15-13(18-2)4-3-5-14(15)19-12-8-6-11(16)7-9-12/h3-10H,17H2,1-2H3. The molecule has 100 valence electrons. The van der Waals surface area contributed by atoms with Crippen molar-refractivity contribution in [3.8, 4) is 17.2 Å². The first-order valence-electron chi connectivity index (χ1n) is 5.97. The first-order valence-corrected chi connectivity index (χ1v) is 7.05. The van der Waals surface area contributed by atoms with Gasteiger partial charge in [-0.2, -0.15) is 0 Å². The van der Waals surface area contributed by atoms with E-state index in [1.54, 1.807) is 7.11 Å². The maximum absolute atomic E-state index is 6.01. The van der Waals surface area contributed by atoms with E-state index in [9.17, 15) is 0 Å². The zero-order valence-electron chi connectivity index (χ0n) is 10.9. The molecule has 2 rings (SSSR count). The van der Waals surface area contributed by atoms with Gasteiger partial charge in [-0.3, -0.25) is 0 Å². The average molecular weight is 369 g/mol. The third-order valence-corrected chi connectivity index (χ3v) is 3.46. The molecule has 0 aliphatic carbocycles. The van der Waals surface area contributed by atoms with E-state index in [0.29, 0.717) is 0 Å². The fraction of sp³-hybridized carbons (Fsp3) is 0.200. The molecule has 2 aromatic rings. The highest BCUT2D eigenvalue weighted by Gasteiger charge is 2.14. The number of benzene rings is 2. The molecule has 0 bridgehead atoms. The van der Waals surface area contributed by atoms with Crippen LogP contribution in [0.1, 0.15) is 18.5 Å². The van der Waals surface area contributed by atoms with Gasteiger partial charge in [0.2, 0.25) is 0 Å². The Hall–Kier alpha value is -1.27. The quantitative estimate of drug-likeness (QED) is 0.825. The molecule has 2 N–H and O–H groups in total.